The Kier molecular flexibility index (Phi) is 7.92. The molecule has 1 fully saturated rings. The summed E-state index contributed by atoms with van der Waals surface area (Å²) in [4.78, 5) is 44.6. The highest BCUT2D eigenvalue weighted by atomic mass is 19.1. The summed E-state index contributed by atoms with van der Waals surface area (Å²) in [5.41, 5.74) is 3.24. The predicted octanol–water partition coefficient (Wildman–Crippen LogP) is 3.49. The van der Waals surface area contributed by atoms with E-state index in [0.717, 1.165) is 11.1 Å². The number of aryl methyl sites for hydroxylation is 1. The summed E-state index contributed by atoms with van der Waals surface area (Å²) in [6.07, 6.45) is 0. The van der Waals surface area contributed by atoms with Crippen molar-refractivity contribution in [3.63, 3.8) is 0 Å². The lowest BCUT2D eigenvalue weighted by Crippen LogP contribution is -2.56. The third-order valence-electron chi connectivity index (χ3n) is 7.01. The summed E-state index contributed by atoms with van der Waals surface area (Å²) >= 11 is 0. The Morgan fingerprint density at radius 1 is 1.11 bits per heavy atom. The van der Waals surface area contributed by atoms with E-state index in [1.54, 1.807) is 18.9 Å². The molecule has 9 heteroatoms. The Hall–Kier alpha value is -3.72. The summed E-state index contributed by atoms with van der Waals surface area (Å²) in [6.45, 7) is 7.81. The molecule has 0 bridgehead atoms. The van der Waals surface area contributed by atoms with E-state index >= 15 is 0 Å². The summed E-state index contributed by atoms with van der Waals surface area (Å²) < 4.78 is 18.7. The second-order valence-electron chi connectivity index (χ2n) is 9.47. The fraction of sp³-hybridized carbons (Fsp3) is 0.393. The molecule has 0 radical (unpaired) electrons. The van der Waals surface area contributed by atoms with Gasteiger partial charge in [0, 0.05) is 50.5 Å². The van der Waals surface area contributed by atoms with Crippen LogP contribution in [0.2, 0.25) is 0 Å². The van der Waals surface area contributed by atoms with Gasteiger partial charge >= 0.3 is 12.0 Å². The molecule has 1 N–H and O–H groups in total. The Bertz CT molecular complexity index is 1210. The van der Waals surface area contributed by atoms with E-state index in [9.17, 15) is 18.8 Å². The quantitative estimate of drug-likeness (QED) is 0.604. The van der Waals surface area contributed by atoms with E-state index < -0.39 is 12.0 Å². The largest absolute Gasteiger partial charge is 0.463 e. The zero-order valence-electron chi connectivity index (χ0n) is 21.7. The Morgan fingerprint density at radius 3 is 2.46 bits per heavy atom. The van der Waals surface area contributed by atoms with Crippen LogP contribution in [-0.4, -0.2) is 78.5 Å². The summed E-state index contributed by atoms with van der Waals surface area (Å²) in [5, 5.41) is 2.96. The summed E-state index contributed by atoms with van der Waals surface area (Å²) in [7, 11) is 1.65. The standard InChI is InChI=1S/C28H33FN4O4/c1-5-37-27(35)24-23(31(4)28(36)30-25(24)22-9-7-6-8-18(22)2)17-32-14-15-33(19(3)16-32)26(34)20-10-12-21(29)13-11-20/h6-13,19,25H,5,14-17H2,1-4H3,(H,30,36)/t19-,25-/m0/s1. The third-order valence-corrected chi connectivity index (χ3v) is 7.01. The minimum absolute atomic E-state index is 0.118. The van der Waals surface area contributed by atoms with Crippen LogP contribution in [0.1, 0.15) is 41.4 Å². The fourth-order valence-electron chi connectivity index (χ4n) is 4.99. The Balaban J connectivity index is 1.60. The van der Waals surface area contributed by atoms with Crippen molar-refractivity contribution >= 4 is 17.9 Å². The Labute approximate surface area is 216 Å². The molecule has 3 amide bonds. The third kappa shape index (κ3) is 5.51. The average Bonchev–Trinajstić information content (AvgIpc) is 2.87. The van der Waals surface area contributed by atoms with E-state index in [1.165, 1.54) is 29.2 Å². The average molecular weight is 509 g/mol. The molecule has 37 heavy (non-hydrogen) atoms. The maximum Gasteiger partial charge on any atom is 0.338 e. The van der Waals surface area contributed by atoms with E-state index in [-0.39, 0.29) is 30.4 Å². The molecule has 1 saturated heterocycles. The van der Waals surface area contributed by atoms with Crippen LogP contribution in [-0.2, 0) is 9.53 Å². The van der Waals surface area contributed by atoms with Crippen molar-refractivity contribution in [3.05, 3.63) is 82.3 Å². The molecule has 2 atom stereocenters. The van der Waals surface area contributed by atoms with Gasteiger partial charge < -0.3 is 15.0 Å². The number of piperazine rings is 1. The second-order valence-corrected chi connectivity index (χ2v) is 9.47. The summed E-state index contributed by atoms with van der Waals surface area (Å²) in [6, 6.07) is 12.2. The molecule has 196 valence electrons. The molecule has 2 aromatic carbocycles. The molecule has 0 saturated carbocycles. The van der Waals surface area contributed by atoms with Crippen molar-refractivity contribution < 1.29 is 23.5 Å². The molecule has 0 aromatic heterocycles. The van der Waals surface area contributed by atoms with Crippen LogP contribution >= 0.6 is 0 Å². The number of nitrogens with one attached hydrogen (secondary N) is 1. The maximum atomic E-state index is 13.3. The highest BCUT2D eigenvalue weighted by Crippen LogP contribution is 2.33. The second kappa shape index (κ2) is 11.1. The lowest BCUT2D eigenvalue weighted by molar-refractivity contribution is -0.139. The van der Waals surface area contributed by atoms with Crippen molar-refractivity contribution in [1.82, 2.24) is 20.0 Å². The van der Waals surface area contributed by atoms with Crippen LogP contribution in [0.4, 0.5) is 9.18 Å². The number of nitrogens with zero attached hydrogens (tertiary/aromatic N) is 3. The van der Waals surface area contributed by atoms with Gasteiger partial charge in [-0.05, 0) is 56.2 Å². The zero-order valence-corrected chi connectivity index (χ0v) is 21.7. The van der Waals surface area contributed by atoms with E-state index in [1.807, 2.05) is 38.1 Å². The smallest absolute Gasteiger partial charge is 0.338 e. The molecule has 0 unspecified atom stereocenters. The first-order valence-electron chi connectivity index (χ1n) is 12.5. The van der Waals surface area contributed by atoms with Gasteiger partial charge in [-0.3, -0.25) is 14.6 Å². The van der Waals surface area contributed by atoms with Crippen LogP contribution in [0.25, 0.3) is 0 Å². The lowest BCUT2D eigenvalue weighted by atomic mass is 9.91. The van der Waals surface area contributed by atoms with Crippen molar-refractivity contribution in [2.45, 2.75) is 32.9 Å². The van der Waals surface area contributed by atoms with E-state index in [2.05, 4.69) is 10.2 Å². The van der Waals surface area contributed by atoms with E-state index in [0.29, 0.717) is 43.0 Å². The fourth-order valence-corrected chi connectivity index (χ4v) is 4.99. The van der Waals surface area contributed by atoms with Gasteiger partial charge in [-0.1, -0.05) is 24.3 Å². The van der Waals surface area contributed by atoms with Crippen molar-refractivity contribution in [2.75, 3.05) is 39.8 Å². The number of carbonyl (C=O) groups is 3. The number of halogens is 1. The van der Waals surface area contributed by atoms with Gasteiger partial charge in [-0.25, -0.2) is 14.0 Å². The van der Waals surface area contributed by atoms with Gasteiger partial charge in [0.05, 0.1) is 18.2 Å². The van der Waals surface area contributed by atoms with Gasteiger partial charge in [-0.15, -0.1) is 0 Å². The van der Waals surface area contributed by atoms with Crippen LogP contribution in [0.5, 0.6) is 0 Å². The number of esters is 1. The first kappa shape index (κ1) is 26.3. The molecule has 0 aliphatic carbocycles. The van der Waals surface area contributed by atoms with Gasteiger partial charge in [0.25, 0.3) is 5.91 Å². The van der Waals surface area contributed by atoms with Gasteiger partial charge in [0.1, 0.15) is 5.82 Å². The van der Waals surface area contributed by atoms with E-state index in [4.69, 9.17) is 4.74 Å². The normalized spacial score (nSPS) is 20.6. The zero-order chi connectivity index (χ0) is 26.7. The van der Waals surface area contributed by atoms with Crippen LogP contribution in [0.15, 0.2) is 59.8 Å². The number of hydrogen-bond acceptors (Lipinski definition) is 5. The van der Waals surface area contributed by atoms with Gasteiger partial charge in [-0.2, -0.15) is 0 Å². The molecule has 2 aromatic rings. The van der Waals surface area contributed by atoms with Crippen LogP contribution < -0.4 is 5.32 Å². The predicted molar refractivity (Wildman–Crippen MR) is 137 cm³/mol. The molecular weight excluding hydrogens is 475 g/mol. The van der Waals surface area contributed by atoms with Crippen molar-refractivity contribution in [1.29, 1.82) is 0 Å². The SMILES string of the molecule is CCOC(=O)C1=C(CN2CCN(C(=O)c3ccc(F)cc3)[C@@H](C)C2)N(C)C(=O)N[C@H]1c1ccccc1C. The number of amides is 3. The molecular formula is C28H33FN4O4. The summed E-state index contributed by atoms with van der Waals surface area (Å²) in [5.74, 6) is -0.993. The lowest BCUT2D eigenvalue weighted by Gasteiger charge is -2.42. The van der Waals surface area contributed by atoms with Crippen LogP contribution in [0, 0.1) is 12.7 Å². The molecule has 2 heterocycles. The van der Waals surface area contributed by atoms with Gasteiger partial charge in [0.15, 0.2) is 0 Å². The first-order chi connectivity index (χ1) is 17.7. The van der Waals surface area contributed by atoms with Crippen molar-refractivity contribution in [3.8, 4) is 0 Å². The number of carbonyl (C=O) groups excluding carboxylic acids is 3. The molecule has 0 spiro atoms. The number of urea groups is 1. The first-order valence-corrected chi connectivity index (χ1v) is 12.5. The van der Waals surface area contributed by atoms with Crippen molar-refractivity contribution in [2.24, 2.45) is 0 Å². The Morgan fingerprint density at radius 2 is 1.81 bits per heavy atom. The minimum Gasteiger partial charge on any atom is -0.463 e. The highest BCUT2D eigenvalue weighted by molar-refractivity contribution is 5.95. The van der Waals surface area contributed by atoms with Crippen LogP contribution in [0.3, 0.4) is 0 Å². The number of ether oxygens (including phenoxy) is 1. The topological polar surface area (TPSA) is 82.2 Å². The monoisotopic (exact) mass is 508 g/mol. The molecule has 8 nitrogen and oxygen atoms in total. The number of likely N-dealkylation sites (N-methyl/N-ethyl adjacent to an activating group) is 1. The minimum atomic E-state index is -0.627. The maximum absolute atomic E-state index is 13.3. The number of hydrogen-bond donors (Lipinski definition) is 1. The number of rotatable bonds is 6. The number of benzene rings is 2. The highest BCUT2D eigenvalue weighted by Gasteiger charge is 2.39. The molecule has 4 rings (SSSR count). The molecule has 2 aliphatic rings. The van der Waals surface area contributed by atoms with Gasteiger partial charge in [0.2, 0.25) is 0 Å². The molecule has 2 aliphatic heterocycles.